The average Bonchev–Trinajstić information content (AvgIpc) is 3.15. The molecule has 0 bridgehead atoms. The van der Waals surface area contributed by atoms with Crippen LogP contribution in [0.15, 0.2) is 103 Å². The van der Waals surface area contributed by atoms with Gasteiger partial charge in [0.25, 0.3) is 0 Å². The van der Waals surface area contributed by atoms with Crippen molar-refractivity contribution in [2.75, 3.05) is 32.8 Å². The van der Waals surface area contributed by atoms with Crippen molar-refractivity contribution in [2.45, 2.75) is 33.4 Å². The lowest BCUT2D eigenvalue weighted by Gasteiger charge is -2.37. The smallest absolute Gasteiger partial charge is 0.219 e. The molecule has 0 radical (unpaired) electrons. The van der Waals surface area contributed by atoms with Crippen LogP contribution in [0.1, 0.15) is 33.4 Å². The summed E-state index contributed by atoms with van der Waals surface area (Å²) in [7, 11) is 0. The molecule has 0 amide bonds. The van der Waals surface area contributed by atoms with E-state index in [-0.39, 0.29) is 18.2 Å². The van der Waals surface area contributed by atoms with Gasteiger partial charge in [0.2, 0.25) is 5.88 Å². The Balaban J connectivity index is 1.00. The van der Waals surface area contributed by atoms with Gasteiger partial charge in [0.1, 0.15) is 36.0 Å². The van der Waals surface area contributed by atoms with Crippen molar-refractivity contribution in [1.82, 2.24) is 14.8 Å². The second-order valence-electron chi connectivity index (χ2n) is 12.7. The number of benzene rings is 4. The molecule has 7 nitrogen and oxygen atoms in total. The second-order valence-corrected chi connectivity index (χ2v) is 13.1. The zero-order valence-corrected chi connectivity index (χ0v) is 29.9. The molecule has 1 saturated heterocycles. The van der Waals surface area contributed by atoms with Gasteiger partial charge in [-0.2, -0.15) is 0 Å². The lowest BCUT2D eigenvalue weighted by Crippen LogP contribution is -2.45. The maximum atomic E-state index is 13.9. The van der Waals surface area contributed by atoms with E-state index in [1.807, 2.05) is 25.1 Å². The Kier molecular flexibility index (Phi) is 12.2. The number of carbonyl (C=O) groups excluding carboxylic acids is 1. The topological polar surface area (TPSA) is 64.1 Å². The zero-order chi connectivity index (χ0) is 36.5. The monoisotopic (exact) mass is 723 g/mol. The molecule has 268 valence electrons. The van der Waals surface area contributed by atoms with Gasteiger partial charge in [-0.25, -0.2) is 13.8 Å². The fourth-order valence-corrected chi connectivity index (χ4v) is 6.31. The van der Waals surface area contributed by atoms with Crippen molar-refractivity contribution in [3.8, 4) is 23.1 Å². The van der Waals surface area contributed by atoms with Gasteiger partial charge in [-0.05, 0) is 95.8 Å². The number of aldehydes is 1. The Morgan fingerprint density at radius 1 is 0.808 bits per heavy atom. The van der Waals surface area contributed by atoms with Crippen LogP contribution in [0.25, 0.3) is 5.70 Å². The van der Waals surface area contributed by atoms with Gasteiger partial charge in [0, 0.05) is 57.0 Å². The van der Waals surface area contributed by atoms with E-state index in [4.69, 9.17) is 25.8 Å². The molecular formula is C42H40ClF2N3O4. The molecule has 0 spiro atoms. The number of pyridine rings is 1. The van der Waals surface area contributed by atoms with Crippen LogP contribution in [0.5, 0.6) is 23.1 Å². The number of rotatable bonds is 14. The first-order chi connectivity index (χ1) is 25.2. The van der Waals surface area contributed by atoms with Crippen molar-refractivity contribution in [3.05, 3.63) is 153 Å². The SMILES string of the molecule is Cc1ccc(COc2ccc(Oc3c(C)cc(/C(=C\C=O)N4CCN(Cc5ccc(CCOc6ccc(F)cc6)cc5)CC4)cc3Cl)nc2)cc1F. The summed E-state index contributed by atoms with van der Waals surface area (Å²) in [6.07, 6.45) is 4.71. The first kappa shape index (κ1) is 36.5. The molecule has 2 heterocycles. The number of hydrogen-bond donors (Lipinski definition) is 0. The maximum absolute atomic E-state index is 13.9. The number of halogens is 3. The number of hydrogen-bond acceptors (Lipinski definition) is 7. The Labute approximate surface area is 308 Å². The van der Waals surface area contributed by atoms with E-state index >= 15 is 0 Å². The molecule has 0 unspecified atom stereocenters. The van der Waals surface area contributed by atoms with Crippen LogP contribution in [-0.4, -0.2) is 53.9 Å². The highest BCUT2D eigenvalue weighted by Crippen LogP contribution is 2.36. The van der Waals surface area contributed by atoms with E-state index in [2.05, 4.69) is 39.0 Å². The minimum absolute atomic E-state index is 0.213. The van der Waals surface area contributed by atoms with Gasteiger partial charge in [0.05, 0.1) is 17.8 Å². The summed E-state index contributed by atoms with van der Waals surface area (Å²) in [5.74, 6) is 1.46. The predicted octanol–water partition coefficient (Wildman–Crippen LogP) is 8.98. The lowest BCUT2D eigenvalue weighted by atomic mass is 10.1. The number of ether oxygens (including phenoxy) is 3. The molecule has 0 saturated carbocycles. The number of allylic oxidation sites excluding steroid dienone is 1. The Bertz CT molecular complexity index is 1970. The van der Waals surface area contributed by atoms with E-state index in [9.17, 15) is 13.6 Å². The lowest BCUT2D eigenvalue weighted by molar-refractivity contribution is -0.104. The Hall–Kier alpha value is -5.25. The third-order valence-electron chi connectivity index (χ3n) is 8.92. The molecule has 0 aliphatic carbocycles. The van der Waals surface area contributed by atoms with E-state index in [1.165, 1.54) is 29.3 Å². The molecule has 5 aromatic rings. The quantitative estimate of drug-likeness (QED) is 0.0838. The van der Waals surface area contributed by atoms with Crippen molar-refractivity contribution in [1.29, 1.82) is 0 Å². The van der Waals surface area contributed by atoms with Gasteiger partial charge >= 0.3 is 0 Å². The van der Waals surface area contributed by atoms with Crippen LogP contribution in [0.4, 0.5) is 8.78 Å². The fraction of sp³-hybridized carbons (Fsp3) is 0.238. The summed E-state index contributed by atoms with van der Waals surface area (Å²) >= 11 is 6.76. The third-order valence-corrected chi connectivity index (χ3v) is 9.20. The minimum Gasteiger partial charge on any atom is -0.493 e. The molecular weight excluding hydrogens is 684 g/mol. The number of aryl methyl sites for hydroxylation is 2. The molecule has 10 heteroatoms. The van der Waals surface area contributed by atoms with Crippen LogP contribution in [0.3, 0.4) is 0 Å². The van der Waals surface area contributed by atoms with Crippen LogP contribution >= 0.6 is 11.6 Å². The van der Waals surface area contributed by atoms with Crippen LogP contribution in [0, 0.1) is 25.5 Å². The molecule has 1 aliphatic rings. The first-order valence-corrected chi connectivity index (χ1v) is 17.5. The van der Waals surface area contributed by atoms with E-state index in [1.54, 1.807) is 49.5 Å². The van der Waals surface area contributed by atoms with Gasteiger partial charge in [0.15, 0.2) is 5.75 Å². The van der Waals surface area contributed by atoms with Gasteiger partial charge in [-0.1, -0.05) is 48.0 Å². The minimum atomic E-state index is -0.278. The predicted molar refractivity (Wildman–Crippen MR) is 199 cm³/mol. The van der Waals surface area contributed by atoms with E-state index < -0.39 is 0 Å². The molecule has 1 aromatic heterocycles. The van der Waals surface area contributed by atoms with Crippen molar-refractivity contribution in [3.63, 3.8) is 0 Å². The highest BCUT2D eigenvalue weighted by molar-refractivity contribution is 6.32. The zero-order valence-electron chi connectivity index (χ0n) is 29.2. The van der Waals surface area contributed by atoms with E-state index in [0.29, 0.717) is 40.3 Å². The molecule has 52 heavy (non-hydrogen) atoms. The summed E-state index contributed by atoms with van der Waals surface area (Å²) < 4.78 is 44.5. The molecule has 6 rings (SSSR count). The number of carbonyl (C=O) groups is 1. The maximum Gasteiger partial charge on any atom is 0.219 e. The number of nitrogens with zero attached hydrogens (tertiary/aromatic N) is 3. The van der Waals surface area contributed by atoms with Gasteiger partial charge < -0.3 is 19.1 Å². The van der Waals surface area contributed by atoms with Crippen LogP contribution in [0.2, 0.25) is 5.02 Å². The first-order valence-electron chi connectivity index (χ1n) is 17.2. The molecule has 0 atom stereocenters. The standard InChI is InChI=1S/C42H40ClF2N3O4/c1-29-3-4-33(24-39(29)45)28-51-37-13-14-41(46-26-37)52-42-30(2)23-34(25-38(42)43)40(15-21-49)48-19-17-47(18-20-48)27-32-7-5-31(6-8-32)16-22-50-36-11-9-35(44)10-12-36/h3-15,21,23-26H,16-20,22,27-28H2,1-2H3/b40-15+. The van der Waals surface area contributed by atoms with Crippen molar-refractivity contribution >= 4 is 23.6 Å². The summed E-state index contributed by atoms with van der Waals surface area (Å²) in [6.45, 7) is 8.37. The van der Waals surface area contributed by atoms with Crippen LogP contribution < -0.4 is 14.2 Å². The van der Waals surface area contributed by atoms with E-state index in [0.717, 1.165) is 67.8 Å². The molecule has 0 N–H and O–H groups in total. The van der Waals surface area contributed by atoms with Crippen molar-refractivity contribution < 1.29 is 27.8 Å². The normalized spacial score (nSPS) is 13.6. The largest absolute Gasteiger partial charge is 0.493 e. The summed E-state index contributed by atoms with van der Waals surface area (Å²) in [4.78, 5) is 20.7. The highest BCUT2D eigenvalue weighted by atomic mass is 35.5. The second kappa shape index (κ2) is 17.3. The average molecular weight is 724 g/mol. The number of aromatic nitrogens is 1. The Morgan fingerprint density at radius 3 is 2.19 bits per heavy atom. The number of piperazine rings is 1. The molecule has 4 aromatic carbocycles. The molecule has 1 aliphatic heterocycles. The third kappa shape index (κ3) is 9.75. The van der Waals surface area contributed by atoms with Crippen LogP contribution in [-0.2, 0) is 24.4 Å². The van der Waals surface area contributed by atoms with Gasteiger partial charge in [-0.3, -0.25) is 9.69 Å². The molecule has 1 fully saturated rings. The van der Waals surface area contributed by atoms with Gasteiger partial charge in [-0.15, -0.1) is 0 Å². The summed E-state index contributed by atoms with van der Waals surface area (Å²) in [5.41, 5.74) is 6.16. The highest BCUT2D eigenvalue weighted by Gasteiger charge is 2.22. The van der Waals surface area contributed by atoms with Crippen molar-refractivity contribution in [2.24, 2.45) is 0 Å². The summed E-state index contributed by atoms with van der Waals surface area (Å²) in [5, 5.41) is 0.402. The summed E-state index contributed by atoms with van der Waals surface area (Å²) in [6, 6.07) is 26.8. The fourth-order valence-electron chi connectivity index (χ4n) is 6.00. The Morgan fingerprint density at radius 2 is 1.52 bits per heavy atom.